The van der Waals surface area contributed by atoms with Crippen molar-refractivity contribution in [3.05, 3.63) is 59.0 Å². The lowest BCUT2D eigenvalue weighted by Crippen LogP contribution is -2.14. The predicted octanol–water partition coefficient (Wildman–Crippen LogP) is 4.33. The van der Waals surface area contributed by atoms with E-state index in [2.05, 4.69) is 10.5 Å². The summed E-state index contributed by atoms with van der Waals surface area (Å²) in [5.41, 5.74) is 1.58. The Labute approximate surface area is 159 Å². The van der Waals surface area contributed by atoms with Gasteiger partial charge in [-0.2, -0.15) is 0 Å². The third kappa shape index (κ3) is 4.38. The van der Waals surface area contributed by atoms with E-state index in [1.54, 1.807) is 38.5 Å². The van der Waals surface area contributed by atoms with Crippen molar-refractivity contribution in [3.63, 3.8) is 0 Å². The first kappa shape index (κ1) is 18.7. The first-order valence-electron chi connectivity index (χ1n) is 7.93. The second-order valence-corrected chi connectivity index (χ2v) is 6.01. The second kappa shape index (κ2) is 8.09. The average Bonchev–Trinajstić information content (AvgIpc) is 3.12. The summed E-state index contributed by atoms with van der Waals surface area (Å²) in [5, 5.41) is 6.48. The van der Waals surface area contributed by atoms with Crippen LogP contribution in [0.2, 0.25) is 5.02 Å². The Kier molecular flexibility index (Phi) is 5.61. The van der Waals surface area contributed by atoms with Crippen LogP contribution in [0.3, 0.4) is 0 Å². The molecule has 1 amide bonds. The molecule has 0 spiro atoms. The monoisotopic (exact) mass is 390 g/mol. The van der Waals surface area contributed by atoms with Gasteiger partial charge in [0.15, 0.2) is 17.3 Å². The number of hydrogen-bond donors (Lipinski definition) is 1. The zero-order chi connectivity index (χ0) is 19.4. The normalized spacial score (nSPS) is 10.5. The number of hydrogen-bond acceptors (Lipinski definition) is 5. The summed E-state index contributed by atoms with van der Waals surface area (Å²) in [5.74, 6) is 0.761. The smallest absolute Gasteiger partial charge is 0.230 e. The molecule has 0 radical (unpaired) electrons. The molecule has 0 bridgehead atoms. The van der Waals surface area contributed by atoms with Crippen molar-refractivity contribution >= 4 is 23.2 Å². The van der Waals surface area contributed by atoms with E-state index < -0.39 is 5.82 Å². The summed E-state index contributed by atoms with van der Waals surface area (Å²) < 4.78 is 28.9. The van der Waals surface area contributed by atoms with Crippen molar-refractivity contribution in [2.45, 2.75) is 6.42 Å². The number of ether oxygens (including phenoxy) is 2. The minimum absolute atomic E-state index is 0.00815. The van der Waals surface area contributed by atoms with Gasteiger partial charge < -0.3 is 19.3 Å². The van der Waals surface area contributed by atoms with Gasteiger partial charge in [0.05, 0.1) is 31.4 Å². The zero-order valence-corrected chi connectivity index (χ0v) is 15.3. The lowest BCUT2D eigenvalue weighted by molar-refractivity contribution is -0.115. The van der Waals surface area contributed by atoms with Gasteiger partial charge in [0.1, 0.15) is 5.82 Å². The molecule has 0 unspecified atom stereocenters. The number of carbonyl (C=O) groups is 1. The maximum atomic E-state index is 13.2. The van der Waals surface area contributed by atoms with Crippen molar-refractivity contribution < 1.29 is 23.2 Å². The number of nitrogens with one attached hydrogen (secondary N) is 1. The summed E-state index contributed by atoms with van der Waals surface area (Å²) in [4.78, 5) is 12.1. The van der Waals surface area contributed by atoms with E-state index in [0.717, 1.165) is 5.56 Å². The molecule has 0 aliphatic rings. The van der Waals surface area contributed by atoms with Gasteiger partial charge >= 0.3 is 0 Å². The summed E-state index contributed by atoms with van der Waals surface area (Å²) in [7, 11) is 3.09. The Morgan fingerprint density at radius 2 is 1.93 bits per heavy atom. The SMILES string of the molecule is COc1ccc(-c2cc(CC(=O)Nc3ccc(F)c(Cl)c3)no2)cc1OC. The number of methoxy groups -OCH3 is 2. The van der Waals surface area contributed by atoms with Crippen molar-refractivity contribution in [2.24, 2.45) is 0 Å². The maximum absolute atomic E-state index is 13.2. The van der Waals surface area contributed by atoms with E-state index in [9.17, 15) is 9.18 Å². The van der Waals surface area contributed by atoms with Crippen LogP contribution in [-0.2, 0) is 11.2 Å². The molecule has 0 saturated carbocycles. The molecule has 27 heavy (non-hydrogen) atoms. The third-order valence-corrected chi connectivity index (χ3v) is 4.06. The van der Waals surface area contributed by atoms with Crippen LogP contribution in [0, 0.1) is 5.82 Å². The standard InChI is InChI=1S/C19H16ClFN2O4/c1-25-16-6-3-11(7-18(16)26-2)17-9-13(23-27-17)10-19(24)22-12-4-5-15(21)14(20)8-12/h3-9H,10H2,1-2H3,(H,22,24). The molecule has 140 valence electrons. The molecule has 1 N–H and O–H groups in total. The van der Waals surface area contributed by atoms with Crippen LogP contribution in [-0.4, -0.2) is 25.3 Å². The largest absolute Gasteiger partial charge is 0.493 e. The number of halogens is 2. The minimum Gasteiger partial charge on any atom is -0.493 e. The highest BCUT2D eigenvalue weighted by Crippen LogP contribution is 2.32. The minimum atomic E-state index is -0.550. The van der Waals surface area contributed by atoms with Crippen molar-refractivity contribution in [3.8, 4) is 22.8 Å². The van der Waals surface area contributed by atoms with Gasteiger partial charge in [0, 0.05) is 17.3 Å². The molecule has 0 fully saturated rings. The quantitative estimate of drug-likeness (QED) is 0.678. The topological polar surface area (TPSA) is 73.6 Å². The molecule has 6 nitrogen and oxygen atoms in total. The highest BCUT2D eigenvalue weighted by atomic mass is 35.5. The number of rotatable bonds is 6. The van der Waals surface area contributed by atoms with Crippen LogP contribution in [0.4, 0.5) is 10.1 Å². The summed E-state index contributed by atoms with van der Waals surface area (Å²) >= 11 is 5.70. The number of nitrogens with zero attached hydrogens (tertiary/aromatic N) is 1. The van der Waals surface area contributed by atoms with Gasteiger partial charge in [-0.3, -0.25) is 4.79 Å². The molecule has 0 aliphatic carbocycles. The van der Waals surface area contributed by atoms with Gasteiger partial charge in [0.25, 0.3) is 0 Å². The zero-order valence-electron chi connectivity index (χ0n) is 14.6. The molecule has 1 heterocycles. The van der Waals surface area contributed by atoms with E-state index in [1.165, 1.54) is 18.2 Å². The molecular weight excluding hydrogens is 375 g/mol. The Balaban J connectivity index is 1.70. The third-order valence-electron chi connectivity index (χ3n) is 3.77. The fraction of sp³-hybridized carbons (Fsp3) is 0.158. The first-order chi connectivity index (χ1) is 13.0. The number of anilines is 1. The maximum Gasteiger partial charge on any atom is 0.230 e. The fourth-order valence-electron chi connectivity index (χ4n) is 2.46. The number of carbonyl (C=O) groups excluding carboxylic acids is 1. The molecule has 0 saturated heterocycles. The van der Waals surface area contributed by atoms with Crippen LogP contribution in [0.15, 0.2) is 47.0 Å². The van der Waals surface area contributed by atoms with Gasteiger partial charge in [0.2, 0.25) is 5.91 Å². The van der Waals surface area contributed by atoms with E-state index in [-0.39, 0.29) is 17.4 Å². The van der Waals surface area contributed by atoms with Crippen LogP contribution in [0.1, 0.15) is 5.69 Å². The van der Waals surface area contributed by atoms with Gasteiger partial charge in [-0.1, -0.05) is 16.8 Å². The molecule has 0 atom stereocenters. The van der Waals surface area contributed by atoms with Crippen molar-refractivity contribution in [1.29, 1.82) is 0 Å². The number of aromatic nitrogens is 1. The van der Waals surface area contributed by atoms with E-state index in [4.69, 9.17) is 25.6 Å². The summed E-state index contributed by atoms with van der Waals surface area (Å²) in [6.45, 7) is 0. The number of benzene rings is 2. The predicted molar refractivity (Wildman–Crippen MR) is 98.8 cm³/mol. The van der Waals surface area contributed by atoms with Crippen molar-refractivity contribution in [2.75, 3.05) is 19.5 Å². The Hall–Kier alpha value is -3.06. The highest BCUT2D eigenvalue weighted by Gasteiger charge is 2.13. The fourth-order valence-corrected chi connectivity index (χ4v) is 2.64. The van der Waals surface area contributed by atoms with Gasteiger partial charge in [-0.25, -0.2) is 4.39 Å². The molecule has 2 aromatic carbocycles. The average molecular weight is 391 g/mol. The van der Waals surface area contributed by atoms with Crippen LogP contribution in [0.5, 0.6) is 11.5 Å². The molecule has 8 heteroatoms. The van der Waals surface area contributed by atoms with Crippen LogP contribution < -0.4 is 14.8 Å². The molecule has 1 aromatic heterocycles. The Morgan fingerprint density at radius 3 is 2.63 bits per heavy atom. The van der Waals surface area contributed by atoms with Gasteiger partial charge in [-0.15, -0.1) is 0 Å². The van der Waals surface area contributed by atoms with Crippen LogP contribution in [0.25, 0.3) is 11.3 Å². The molecule has 0 aliphatic heterocycles. The highest BCUT2D eigenvalue weighted by molar-refractivity contribution is 6.31. The summed E-state index contributed by atoms with van der Waals surface area (Å²) in [6, 6.07) is 10.9. The van der Waals surface area contributed by atoms with E-state index in [0.29, 0.717) is 28.6 Å². The molecule has 3 aromatic rings. The van der Waals surface area contributed by atoms with Gasteiger partial charge in [-0.05, 0) is 36.4 Å². The second-order valence-electron chi connectivity index (χ2n) is 5.61. The van der Waals surface area contributed by atoms with Crippen LogP contribution >= 0.6 is 11.6 Å². The first-order valence-corrected chi connectivity index (χ1v) is 8.31. The van der Waals surface area contributed by atoms with E-state index >= 15 is 0 Å². The lowest BCUT2D eigenvalue weighted by Gasteiger charge is -2.07. The van der Waals surface area contributed by atoms with E-state index in [1.807, 2.05) is 0 Å². The van der Waals surface area contributed by atoms with Crippen molar-refractivity contribution in [1.82, 2.24) is 5.16 Å². The Bertz CT molecular complexity index is 974. The molecular formula is C19H16ClFN2O4. The molecule has 3 rings (SSSR count). The number of amides is 1. The Morgan fingerprint density at radius 1 is 1.15 bits per heavy atom. The lowest BCUT2D eigenvalue weighted by atomic mass is 10.1. The summed E-state index contributed by atoms with van der Waals surface area (Å²) in [6.07, 6.45) is -0.00815.